The number of fused-ring (bicyclic) bond motifs is 2. The third-order valence-corrected chi connectivity index (χ3v) is 6.07. The van der Waals surface area contributed by atoms with Crippen LogP contribution in [-0.2, 0) is 13.1 Å². The first-order chi connectivity index (χ1) is 13.3. The Labute approximate surface area is 161 Å². The van der Waals surface area contributed by atoms with Crippen LogP contribution in [0.1, 0.15) is 13.8 Å². The molecule has 5 heteroatoms. The molecule has 2 aromatic carbocycles. The topological polar surface area (TPSA) is 35.6 Å². The molecule has 0 aliphatic rings. The third kappa shape index (κ3) is 2.50. The maximum absolute atomic E-state index is 4.89. The number of aromatic nitrogens is 4. The first-order valence-electron chi connectivity index (χ1n) is 9.31. The summed E-state index contributed by atoms with van der Waals surface area (Å²) in [6.07, 6.45) is 0. The predicted molar refractivity (Wildman–Crippen MR) is 113 cm³/mol. The molecule has 134 valence electrons. The van der Waals surface area contributed by atoms with Gasteiger partial charge in [0.25, 0.3) is 0 Å². The van der Waals surface area contributed by atoms with Crippen LogP contribution in [0, 0.1) is 0 Å². The quantitative estimate of drug-likeness (QED) is 0.398. The van der Waals surface area contributed by atoms with Gasteiger partial charge in [0.1, 0.15) is 0 Å². The maximum atomic E-state index is 4.89. The predicted octanol–water partition coefficient (Wildman–Crippen LogP) is 5.82. The molecule has 3 heterocycles. The molecule has 0 aliphatic heterocycles. The van der Waals surface area contributed by atoms with Crippen molar-refractivity contribution < 1.29 is 0 Å². The van der Waals surface area contributed by atoms with E-state index in [0.717, 1.165) is 35.8 Å². The molecule has 0 spiro atoms. The van der Waals surface area contributed by atoms with Crippen LogP contribution < -0.4 is 0 Å². The van der Waals surface area contributed by atoms with Crippen LogP contribution in [0.3, 0.4) is 0 Å². The zero-order valence-electron chi connectivity index (χ0n) is 15.4. The van der Waals surface area contributed by atoms with Gasteiger partial charge in [-0.25, -0.2) is 9.97 Å². The summed E-state index contributed by atoms with van der Waals surface area (Å²) in [6.45, 7) is 6.14. The minimum Gasteiger partial charge on any atom is -0.324 e. The van der Waals surface area contributed by atoms with E-state index in [9.17, 15) is 0 Å². The number of hydrogen-bond acceptors (Lipinski definition) is 3. The highest BCUT2D eigenvalue weighted by atomic mass is 32.1. The minimum absolute atomic E-state index is 0.899. The largest absolute Gasteiger partial charge is 0.324 e. The van der Waals surface area contributed by atoms with Gasteiger partial charge in [0.15, 0.2) is 11.6 Å². The Morgan fingerprint density at radius 3 is 1.56 bits per heavy atom. The van der Waals surface area contributed by atoms with Gasteiger partial charge in [-0.3, -0.25) is 0 Å². The van der Waals surface area contributed by atoms with Crippen molar-refractivity contribution in [1.29, 1.82) is 0 Å². The fourth-order valence-corrected chi connectivity index (χ4v) is 4.75. The Kier molecular flexibility index (Phi) is 3.83. The zero-order valence-corrected chi connectivity index (χ0v) is 16.2. The SMILES string of the molecule is CCn1c(-c2ccc(-c3nc4ccccc4n3CC)s2)nc2ccccc21. The number of aryl methyl sites for hydroxylation is 2. The average molecular weight is 372 g/mol. The van der Waals surface area contributed by atoms with Crippen molar-refractivity contribution in [1.82, 2.24) is 19.1 Å². The molecular weight excluding hydrogens is 352 g/mol. The van der Waals surface area contributed by atoms with Crippen LogP contribution in [0.25, 0.3) is 43.5 Å². The summed E-state index contributed by atoms with van der Waals surface area (Å²) in [5, 5.41) is 0. The van der Waals surface area contributed by atoms with Crippen molar-refractivity contribution in [3.05, 3.63) is 60.7 Å². The van der Waals surface area contributed by atoms with Gasteiger partial charge in [-0.2, -0.15) is 0 Å². The summed E-state index contributed by atoms with van der Waals surface area (Å²) in [5.41, 5.74) is 4.46. The van der Waals surface area contributed by atoms with Crippen LogP contribution in [0.2, 0.25) is 0 Å². The zero-order chi connectivity index (χ0) is 18.4. The van der Waals surface area contributed by atoms with Crippen LogP contribution in [-0.4, -0.2) is 19.1 Å². The van der Waals surface area contributed by atoms with Gasteiger partial charge in [-0.15, -0.1) is 11.3 Å². The van der Waals surface area contributed by atoms with Gasteiger partial charge in [0.2, 0.25) is 0 Å². The molecule has 0 fully saturated rings. The fourth-order valence-electron chi connectivity index (χ4n) is 3.75. The van der Waals surface area contributed by atoms with Crippen molar-refractivity contribution >= 4 is 33.4 Å². The fraction of sp³-hybridized carbons (Fsp3) is 0.182. The molecule has 4 nitrogen and oxygen atoms in total. The van der Waals surface area contributed by atoms with Gasteiger partial charge in [0, 0.05) is 13.1 Å². The van der Waals surface area contributed by atoms with Crippen molar-refractivity contribution in [3.8, 4) is 21.4 Å². The van der Waals surface area contributed by atoms with Gasteiger partial charge >= 0.3 is 0 Å². The molecule has 0 bridgehead atoms. The second-order valence-corrected chi connectivity index (χ2v) is 7.58. The first-order valence-corrected chi connectivity index (χ1v) is 10.1. The highest BCUT2D eigenvalue weighted by molar-refractivity contribution is 7.18. The molecule has 0 saturated heterocycles. The lowest BCUT2D eigenvalue weighted by molar-refractivity contribution is 0.798. The maximum Gasteiger partial charge on any atom is 0.151 e. The van der Waals surface area contributed by atoms with Crippen LogP contribution in [0.15, 0.2) is 60.7 Å². The molecule has 0 aliphatic carbocycles. The van der Waals surface area contributed by atoms with E-state index in [1.807, 2.05) is 12.1 Å². The van der Waals surface area contributed by atoms with Gasteiger partial charge in [-0.1, -0.05) is 24.3 Å². The van der Waals surface area contributed by atoms with Crippen LogP contribution in [0.5, 0.6) is 0 Å². The minimum atomic E-state index is 0.899. The lowest BCUT2D eigenvalue weighted by atomic mass is 10.3. The van der Waals surface area contributed by atoms with E-state index >= 15 is 0 Å². The van der Waals surface area contributed by atoms with Crippen molar-refractivity contribution in [2.45, 2.75) is 26.9 Å². The molecule has 0 radical (unpaired) electrons. The van der Waals surface area contributed by atoms with Crippen molar-refractivity contribution in [3.63, 3.8) is 0 Å². The second kappa shape index (κ2) is 6.35. The van der Waals surface area contributed by atoms with E-state index in [4.69, 9.17) is 9.97 Å². The number of para-hydroxylation sites is 4. The molecule has 27 heavy (non-hydrogen) atoms. The molecule has 5 aromatic rings. The smallest absolute Gasteiger partial charge is 0.151 e. The van der Waals surface area contributed by atoms with Crippen molar-refractivity contribution in [2.24, 2.45) is 0 Å². The Balaban J connectivity index is 1.66. The average Bonchev–Trinajstić information content (AvgIpc) is 3.41. The van der Waals surface area contributed by atoms with E-state index in [1.165, 1.54) is 20.8 Å². The second-order valence-electron chi connectivity index (χ2n) is 6.50. The molecule has 0 N–H and O–H groups in total. The number of rotatable bonds is 4. The van der Waals surface area contributed by atoms with Crippen molar-refractivity contribution in [2.75, 3.05) is 0 Å². The summed E-state index contributed by atoms with van der Waals surface area (Å²) in [7, 11) is 0. The van der Waals surface area contributed by atoms with E-state index in [1.54, 1.807) is 11.3 Å². The van der Waals surface area contributed by atoms with E-state index in [2.05, 4.69) is 71.5 Å². The Bertz CT molecular complexity index is 1160. The first kappa shape index (κ1) is 16.3. The van der Waals surface area contributed by atoms with Gasteiger partial charge < -0.3 is 9.13 Å². The lowest BCUT2D eigenvalue weighted by Crippen LogP contribution is -1.96. The number of thiophene rings is 1. The summed E-state index contributed by atoms with van der Waals surface area (Å²) >= 11 is 1.76. The Morgan fingerprint density at radius 1 is 0.667 bits per heavy atom. The summed E-state index contributed by atoms with van der Waals surface area (Å²) < 4.78 is 4.57. The third-order valence-electron chi connectivity index (χ3n) is 4.99. The normalized spacial score (nSPS) is 11.6. The Morgan fingerprint density at radius 2 is 1.11 bits per heavy atom. The molecule has 0 saturated carbocycles. The molecular formula is C22H20N4S. The van der Waals surface area contributed by atoms with Crippen LogP contribution >= 0.6 is 11.3 Å². The number of nitrogens with zero attached hydrogens (tertiary/aromatic N) is 4. The number of hydrogen-bond donors (Lipinski definition) is 0. The standard InChI is InChI=1S/C22H20N4S/c1-3-25-17-11-7-5-9-15(17)23-21(25)19-13-14-20(27-19)22-24-16-10-6-8-12-18(16)26(22)4-2/h5-14H,3-4H2,1-2H3. The van der Waals surface area contributed by atoms with Gasteiger partial charge in [-0.05, 0) is 50.2 Å². The number of benzene rings is 2. The highest BCUT2D eigenvalue weighted by Crippen LogP contribution is 2.36. The van der Waals surface area contributed by atoms with E-state index in [0.29, 0.717) is 0 Å². The van der Waals surface area contributed by atoms with E-state index < -0.39 is 0 Å². The molecule has 3 aromatic heterocycles. The molecule has 0 atom stereocenters. The van der Waals surface area contributed by atoms with Gasteiger partial charge in [0.05, 0.1) is 31.8 Å². The molecule has 0 unspecified atom stereocenters. The molecule has 0 amide bonds. The number of imidazole rings is 2. The molecule has 5 rings (SSSR count). The summed E-state index contributed by atoms with van der Waals surface area (Å²) in [4.78, 5) is 12.1. The summed E-state index contributed by atoms with van der Waals surface area (Å²) in [6, 6.07) is 21.0. The Hall–Kier alpha value is -2.92. The van der Waals surface area contributed by atoms with Crippen LogP contribution in [0.4, 0.5) is 0 Å². The van der Waals surface area contributed by atoms with E-state index in [-0.39, 0.29) is 0 Å². The monoisotopic (exact) mass is 372 g/mol. The lowest BCUT2D eigenvalue weighted by Gasteiger charge is -2.04. The summed E-state index contributed by atoms with van der Waals surface area (Å²) in [5.74, 6) is 2.07. The highest BCUT2D eigenvalue weighted by Gasteiger charge is 2.17.